The minimum atomic E-state index is 0.439. The van der Waals surface area contributed by atoms with Crippen LogP contribution in [0.3, 0.4) is 0 Å². The number of benzene rings is 1. The second-order valence-corrected chi connectivity index (χ2v) is 8.83. The number of fused-ring (bicyclic) bond motifs is 1. The number of nitrogens with zero attached hydrogens (tertiary/aromatic N) is 7. The van der Waals surface area contributed by atoms with E-state index < -0.39 is 0 Å². The van der Waals surface area contributed by atoms with E-state index in [0.29, 0.717) is 69.9 Å². The number of imidazole rings is 1. The molecule has 4 heterocycles. The van der Waals surface area contributed by atoms with Crippen LogP contribution in [0, 0.1) is 6.92 Å². The van der Waals surface area contributed by atoms with Gasteiger partial charge < -0.3 is 18.9 Å². The first kappa shape index (κ1) is 25.2. The molecular weight excluding hydrogens is 504 g/mol. The molecule has 0 bridgehead atoms. The van der Waals surface area contributed by atoms with Gasteiger partial charge in [-0.05, 0) is 49.6 Å². The van der Waals surface area contributed by atoms with Crippen LogP contribution >= 0.6 is 11.9 Å². The van der Waals surface area contributed by atoms with Crippen LogP contribution in [0.5, 0.6) is 17.4 Å². The lowest BCUT2D eigenvalue weighted by atomic mass is 10.2. The summed E-state index contributed by atoms with van der Waals surface area (Å²) < 4.78 is 22.1. The van der Waals surface area contributed by atoms with E-state index in [9.17, 15) is 0 Å². The van der Waals surface area contributed by atoms with Gasteiger partial charge in [0, 0.05) is 18.5 Å². The largest absolute Gasteiger partial charge is 0.494 e. The molecule has 4 aromatic heterocycles. The lowest BCUT2D eigenvalue weighted by Crippen LogP contribution is -2.06. The minimum absolute atomic E-state index is 0.439. The topological polar surface area (TPSA) is 122 Å². The van der Waals surface area contributed by atoms with E-state index in [0.717, 1.165) is 5.56 Å². The molecule has 0 spiro atoms. The van der Waals surface area contributed by atoms with E-state index in [1.54, 1.807) is 38.9 Å². The number of pyridine rings is 1. The van der Waals surface area contributed by atoms with Crippen LogP contribution in [0.2, 0.25) is 0 Å². The highest BCUT2D eigenvalue weighted by molar-refractivity contribution is 7.99. The normalized spacial score (nSPS) is 10.9. The van der Waals surface area contributed by atoms with Gasteiger partial charge in [0.05, 0.1) is 32.8 Å². The van der Waals surface area contributed by atoms with E-state index >= 15 is 0 Å². The minimum Gasteiger partial charge on any atom is -0.494 e. The van der Waals surface area contributed by atoms with Crippen molar-refractivity contribution in [3.63, 3.8) is 0 Å². The number of methoxy groups -OCH3 is 2. The van der Waals surface area contributed by atoms with Crippen molar-refractivity contribution in [2.24, 2.45) is 0 Å². The molecule has 0 radical (unpaired) electrons. The van der Waals surface area contributed by atoms with Gasteiger partial charge in [-0.2, -0.15) is 0 Å². The molecule has 5 aromatic rings. The third-order valence-corrected chi connectivity index (χ3v) is 6.21. The van der Waals surface area contributed by atoms with Crippen molar-refractivity contribution in [3.05, 3.63) is 66.4 Å². The summed E-state index contributed by atoms with van der Waals surface area (Å²) in [4.78, 5) is 27.6. The van der Waals surface area contributed by atoms with Crippen LogP contribution in [-0.4, -0.2) is 55.3 Å². The summed E-state index contributed by atoms with van der Waals surface area (Å²) in [7, 11) is 3.21. The van der Waals surface area contributed by atoms with E-state index in [1.165, 1.54) is 11.9 Å². The van der Waals surface area contributed by atoms with Gasteiger partial charge in [-0.3, -0.25) is 4.57 Å². The first-order valence-corrected chi connectivity index (χ1v) is 12.8. The lowest BCUT2D eigenvalue weighted by Gasteiger charge is -2.16. The predicted octanol–water partition coefficient (Wildman–Crippen LogP) is 4.65. The van der Waals surface area contributed by atoms with E-state index in [-0.39, 0.29) is 0 Å². The van der Waals surface area contributed by atoms with Gasteiger partial charge >= 0.3 is 0 Å². The summed E-state index contributed by atoms with van der Waals surface area (Å²) in [6.07, 6.45) is 5.23. The smallest absolute Gasteiger partial charge is 0.213 e. The quantitative estimate of drug-likeness (QED) is 0.254. The first-order valence-electron chi connectivity index (χ1n) is 11.8. The molecule has 0 aliphatic carbocycles. The van der Waals surface area contributed by atoms with Crippen LogP contribution in [-0.2, 0) is 5.75 Å². The van der Waals surface area contributed by atoms with Gasteiger partial charge in [0.2, 0.25) is 5.88 Å². The summed E-state index contributed by atoms with van der Waals surface area (Å²) in [6.45, 7) is 4.36. The van der Waals surface area contributed by atoms with Gasteiger partial charge in [0.15, 0.2) is 22.9 Å². The van der Waals surface area contributed by atoms with E-state index in [2.05, 4.69) is 24.7 Å². The second kappa shape index (κ2) is 11.3. The highest BCUT2D eigenvalue weighted by Gasteiger charge is 2.24. The van der Waals surface area contributed by atoms with Gasteiger partial charge in [-0.1, -0.05) is 12.1 Å². The zero-order valence-corrected chi connectivity index (χ0v) is 22.2. The van der Waals surface area contributed by atoms with Crippen LogP contribution in [0.15, 0.2) is 55.0 Å². The van der Waals surface area contributed by atoms with Crippen molar-refractivity contribution in [3.8, 4) is 34.6 Å². The first-order chi connectivity index (χ1) is 18.6. The lowest BCUT2D eigenvalue weighted by molar-refractivity contribution is 0.327. The number of para-hydroxylation sites is 1. The number of hydrogen-bond acceptors (Lipinski definition) is 11. The fourth-order valence-electron chi connectivity index (χ4n) is 3.77. The summed E-state index contributed by atoms with van der Waals surface area (Å²) in [5.74, 6) is 3.99. The summed E-state index contributed by atoms with van der Waals surface area (Å²) in [5, 5.41) is 0. The maximum absolute atomic E-state index is 5.71. The van der Waals surface area contributed by atoms with Crippen molar-refractivity contribution < 1.29 is 14.2 Å². The molecule has 12 heteroatoms. The zero-order valence-electron chi connectivity index (χ0n) is 21.4. The number of nitrogens with one attached hydrogen (secondary N) is 1. The summed E-state index contributed by atoms with van der Waals surface area (Å²) >= 11 is 1.42. The van der Waals surface area contributed by atoms with Gasteiger partial charge in [-0.25, -0.2) is 29.9 Å². The molecule has 11 nitrogen and oxygen atoms in total. The molecule has 0 atom stereocenters. The molecule has 0 amide bonds. The highest BCUT2D eigenvalue weighted by atomic mass is 32.2. The zero-order chi connectivity index (χ0) is 26.5. The maximum Gasteiger partial charge on any atom is 0.213 e. The van der Waals surface area contributed by atoms with E-state index in [1.807, 2.05) is 48.7 Å². The van der Waals surface area contributed by atoms with Gasteiger partial charge in [-0.15, -0.1) is 0 Å². The molecule has 194 valence electrons. The molecule has 38 heavy (non-hydrogen) atoms. The van der Waals surface area contributed by atoms with Crippen molar-refractivity contribution in [1.29, 1.82) is 0 Å². The number of aromatic nitrogens is 7. The SMILES string of the molecule is CCOc1cccc(-c2nc3ncc(NSCc4ncc(C)cn4)nc3n2-c2c(OC)cccc2OC)n1. The second-order valence-electron chi connectivity index (χ2n) is 8.05. The Morgan fingerprint density at radius 1 is 0.895 bits per heavy atom. The van der Waals surface area contributed by atoms with Crippen LogP contribution in [0.1, 0.15) is 18.3 Å². The third kappa shape index (κ3) is 5.16. The fraction of sp³-hybridized carbons (Fsp3) is 0.231. The van der Waals surface area contributed by atoms with E-state index in [4.69, 9.17) is 24.2 Å². The Hall–Kier alpha value is -4.45. The molecule has 0 saturated carbocycles. The molecule has 0 unspecified atom stereocenters. The van der Waals surface area contributed by atoms with Gasteiger partial charge in [0.25, 0.3) is 0 Å². The Balaban J connectivity index is 1.61. The number of aryl methyl sites for hydroxylation is 1. The summed E-state index contributed by atoms with van der Waals surface area (Å²) in [6, 6.07) is 11.1. The Bertz CT molecular complexity index is 1540. The van der Waals surface area contributed by atoms with Crippen LogP contribution in [0.25, 0.3) is 28.5 Å². The number of rotatable bonds is 10. The average Bonchev–Trinajstić information content (AvgIpc) is 3.32. The van der Waals surface area contributed by atoms with Crippen molar-refractivity contribution in [1.82, 2.24) is 34.5 Å². The molecule has 0 fully saturated rings. The standard InChI is InChI=1S/C26H26N8O3S/c1-5-37-22-11-6-8-17(30-22)25-32-24-26(34(25)23-18(35-3)9-7-10-19(23)36-4)31-20(14-29-24)33-38-15-21-27-12-16(2)13-28-21/h6-14H,5,15H2,1-4H3,(H,31,33). The average molecular weight is 531 g/mol. The third-order valence-electron chi connectivity index (χ3n) is 5.45. The van der Waals surface area contributed by atoms with Crippen LogP contribution in [0.4, 0.5) is 5.82 Å². The number of anilines is 1. The molecule has 1 N–H and O–H groups in total. The summed E-state index contributed by atoms with van der Waals surface area (Å²) in [5.41, 5.74) is 3.17. The highest BCUT2D eigenvalue weighted by Crippen LogP contribution is 2.38. The monoisotopic (exact) mass is 530 g/mol. The predicted molar refractivity (Wildman–Crippen MR) is 146 cm³/mol. The molecular formula is C26H26N8O3S. The maximum atomic E-state index is 5.71. The molecule has 0 aliphatic rings. The van der Waals surface area contributed by atoms with Gasteiger partial charge in [0.1, 0.15) is 28.7 Å². The Labute approximate surface area is 223 Å². The molecule has 0 aliphatic heterocycles. The number of ether oxygens (including phenoxy) is 3. The van der Waals surface area contributed by atoms with Crippen molar-refractivity contribution >= 4 is 29.1 Å². The molecule has 1 aromatic carbocycles. The molecule has 5 rings (SSSR count). The van der Waals surface area contributed by atoms with Crippen molar-refractivity contribution in [2.75, 3.05) is 25.5 Å². The Morgan fingerprint density at radius 2 is 1.63 bits per heavy atom. The molecule has 0 saturated heterocycles. The Kier molecular flexibility index (Phi) is 7.50. The van der Waals surface area contributed by atoms with Crippen LogP contribution < -0.4 is 18.9 Å². The number of hydrogen-bond donors (Lipinski definition) is 1. The Morgan fingerprint density at radius 3 is 2.34 bits per heavy atom. The van der Waals surface area contributed by atoms with Crippen molar-refractivity contribution in [2.45, 2.75) is 19.6 Å². The fourth-order valence-corrected chi connectivity index (χ4v) is 4.37.